The highest BCUT2D eigenvalue weighted by Crippen LogP contribution is 2.40. The lowest BCUT2D eigenvalue weighted by molar-refractivity contribution is 0.0880. The summed E-state index contributed by atoms with van der Waals surface area (Å²) in [7, 11) is 4.14. The zero-order valence-corrected chi connectivity index (χ0v) is 16.5. The quantitative estimate of drug-likeness (QED) is 0.515. The molecule has 2 aromatic heterocycles. The largest absolute Gasteiger partial charge is 0.367 e. The van der Waals surface area contributed by atoms with Gasteiger partial charge in [0.25, 0.3) is 11.8 Å². The van der Waals surface area contributed by atoms with Crippen molar-refractivity contribution in [3.8, 4) is 11.1 Å². The van der Waals surface area contributed by atoms with Gasteiger partial charge in [0, 0.05) is 35.2 Å². The topological polar surface area (TPSA) is 70.1 Å². The van der Waals surface area contributed by atoms with Crippen molar-refractivity contribution in [3.63, 3.8) is 0 Å². The van der Waals surface area contributed by atoms with E-state index in [0.717, 1.165) is 52.4 Å². The van der Waals surface area contributed by atoms with Crippen molar-refractivity contribution >= 4 is 33.6 Å². The fourth-order valence-electron chi connectivity index (χ4n) is 4.40. The molecule has 0 radical (unpaired) electrons. The average molecular weight is 386 g/mol. The van der Waals surface area contributed by atoms with Crippen LogP contribution in [0, 0.1) is 0 Å². The summed E-state index contributed by atoms with van der Waals surface area (Å²) in [5.41, 5.74) is 4.72. The van der Waals surface area contributed by atoms with Crippen LogP contribution >= 0.6 is 0 Å². The third kappa shape index (κ3) is 2.68. The number of aromatic amines is 1. The number of imide groups is 1. The molecule has 2 amide bonds. The van der Waals surface area contributed by atoms with Gasteiger partial charge in [-0.25, -0.2) is 0 Å². The van der Waals surface area contributed by atoms with Gasteiger partial charge >= 0.3 is 0 Å². The summed E-state index contributed by atoms with van der Waals surface area (Å²) in [5, 5.41) is 4.38. The number of carbonyl (C=O) groups is 2. The number of rotatable bonds is 5. The number of nitrogens with one attached hydrogen (secondary N) is 2. The average Bonchev–Trinajstić information content (AvgIpc) is 3.39. The van der Waals surface area contributed by atoms with Gasteiger partial charge in [0.2, 0.25) is 0 Å². The Labute approximate surface area is 168 Å². The lowest BCUT2D eigenvalue weighted by Crippen LogP contribution is -2.20. The fraction of sp³-hybridized carbons (Fsp3) is 0.217. The van der Waals surface area contributed by atoms with Gasteiger partial charge in [-0.05, 0) is 56.4 Å². The molecule has 0 bridgehead atoms. The van der Waals surface area contributed by atoms with Crippen LogP contribution in [-0.4, -0.2) is 46.9 Å². The summed E-state index contributed by atoms with van der Waals surface area (Å²) < 4.78 is 2.28. The van der Waals surface area contributed by atoms with Crippen molar-refractivity contribution in [2.75, 3.05) is 20.6 Å². The van der Waals surface area contributed by atoms with E-state index in [2.05, 4.69) is 46.0 Å². The number of hydrogen-bond acceptors (Lipinski definition) is 3. The Balaban J connectivity index is 1.86. The zero-order valence-electron chi connectivity index (χ0n) is 16.5. The number of fused-ring (bicyclic) bond motifs is 5. The summed E-state index contributed by atoms with van der Waals surface area (Å²) in [6.07, 6.45) is 4.67. The standard InChI is InChI=1S/C23H22N4O2/c1-26(2)10-5-11-27-17-7-4-3-6-15(17)19-18(27)12-16(14-8-9-24-13-14)20-21(19)23(29)25-22(20)28/h3-4,6-9,12-13,24H,5,10-11H2,1-2H3,(H,25,28,29). The first-order chi connectivity index (χ1) is 14.1. The number of benzene rings is 2. The second-order valence-electron chi connectivity index (χ2n) is 7.78. The maximum absolute atomic E-state index is 12.8. The predicted molar refractivity (Wildman–Crippen MR) is 114 cm³/mol. The Morgan fingerprint density at radius 2 is 1.79 bits per heavy atom. The third-order valence-electron chi connectivity index (χ3n) is 5.64. The van der Waals surface area contributed by atoms with E-state index in [0.29, 0.717) is 11.1 Å². The number of H-pyrrole nitrogens is 1. The Morgan fingerprint density at radius 3 is 2.55 bits per heavy atom. The van der Waals surface area contributed by atoms with Crippen molar-refractivity contribution < 1.29 is 9.59 Å². The van der Waals surface area contributed by atoms with Crippen LogP contribution in [0.4, 0.5) is 0 Å². The van der Waals surface area contributed by atoms with E-state index in [1.54, 1.807) is 0 Å². The van der Waals surface area contributed by atoms with Crippen molar-refractivity contribution in [3.05, 3.63) is 59.9 Å². The Kier molecular flexibility index (Phi) is 4.03. The molecular weight excluding hydrogens is 364 g/mol. The second kappa shape index (κ2) is 6.60. The van der Waals surface area contributed by atoms with Crippen LogP contribution in [0.25, 0.3) is 32.9 Å². The van der Waals surface area contributed by atoms with E-state index in [4.69, 9.17) is 0 Å². The highest BCUT2D eigenvalue weighted by atomic mass is 16.2. The summed E-state index contributed by atoms with van der Waals surface area (Å²) in [4.78, 5) is 30.7. The molecule has 0 saturated heterocycles. The van der Waals surface area contributed by atoms with Gasteiger partial charge < -0.3 is 14.5 Å². The third-order valence-corrected chi connectivity index (χ3v) is 5.64. The molecule has 0 spiro atoms. The number of nitrogens with zero attached hydrogens (tertiary/aromatic N) is 2. The van der Waals surface area contributed by atoms with Gasteiger partial charge in [-0.3, -0.25) is 14.9 Å². The molecule has 0 atom stereocenters. The molecule has 2 N–H and O–H groups in total. The lowest BCUT2D eigenvalue weighted by Gasteiger charge is -2.13. The second-order valence-corrected chi connectivity index (χ2v) is 7.78. The number of aromatic nitrogens is 2. The van der Waals surface area contributed by atoms with Crippen LogP contribution in [-0.2, 0) is 6.54 Å². The van der Waals surface area contributed by atoms with E-state index in [1.165, 1.54) is 0 Å². The number of aryl methyl sites for hydroxylation is 1. The van der Waals surface area contributed by atoms with E-state index in [9.17, 15) is 9.59 Å². The highest BCUT2D eigenvalue weighted by Gasteiger charge is 2.34. The van der Waals surface area contributed by atoms with Crippen LogP contribution in [0.3, 0.4) is 0 Å². The maximum atomic E-state index is 12.8. The minimum Gasteiger partial charge on any atom is -0.367 e. The van der Waals surface area contributed by atoms with Crippen molar-refractivity contribution in [1.29, 1.82) is 0 Å². The molecule has 4 aromatic rings. The maximum Gasteiger partial charge on any atom is 0.259 e. The molecule has 1 aliphatic rings. The number of hydrogen-bond donors (Lipinski definition) is 2. The van der Waals surface area contributed by atoms with Gasteiger partial charge in [-0.15, -0.1) is 0 Å². The molecular formula is C23H22N4O2. The molecule has 0 saturated carbocycles. The summed E-state index contributed by atoms with van der Waals surface area (Å²) >= 11 is 0. The first-order valence-corrected chi connectivity index (χ1v) is 9.78. The van der Waals surface area contributed by atoms with Crippen molar-refractivity contribution in [2.45, 2.75) is 13.0 Å². The van der Waals surface area contributed by atoms with Gasteiger partial charge in [0.1, 0.15) is 0 Å². The van der Waals surface area contributed by atoms with Gasteiger partial charge in [0.05, 0.1) is 16.6 Å². The monoisotopic (exact) mass is 386 g/mol. The minimum absolute atomic E-state index is 0.316. The molecule has 1 aliphatic heterocycles. The first kappa shape index (κ1) is 17.7. The smallest absolute Gasteiger partial charge is 0.259 e. The van der Waals surface area contributed by atoms with E-state index in [1.807, 2.05) is 36.7 Å². The van der Waals surface area contributed by atoms with Crippen LogP contribution in [0.2, 0.25) is 0 Å². The molecule has 6 nitrogen and oxygen atoms in total. The summed E-state index contributed by atoms with van der Waals surface area (Å²) in [6.45, 7) is 1.81. The van der Waals surface area contributed by atoms with Crippen molar-refractivity contribution in [1.82, 2.24) is 19.8 Å². The van der Waals surface area contributed by atoms with Gasteiger partial charge in [-0.2, -0.15) is 0 Å². The molecule has 29 heavy (non-hydrogen) atoms. The Hall–Kier alpha value is -3.38. The van der Waals surface area contributed by atoms with Crippen LogP contribution in [0.15, 0.2) is 48.8 Å². The highest BCUT2D eigenvalue weighted by molar-refractivity contribution is 6.32. The predicted octanol–water partition coefficient (Wildman–Crippen LogP) is 3.62. The number of amides is 2. The van der Waals surface area contributed by atoms with E-state index < -0.39 is 0 Å². The summed E-state index contributed by atoms with van der Waals surface area (Å²) in [5.74, 6) is -0.642. The van der Waals surface area contributed by atoms with Gasteiger partial charge in [-0.1, -0.05) is 18.2 Å². The molecule has 0 fully saturated rings. The molecule has 146 valence electrons. The first-order valence-electron chi connectivity index (χ1n) is 9.78. The normalized spacial score (nSPS) is 13.6. The van der Waals surface area contributed by atoms with Gasteiger partial charge in [0.15, 0.2) is 0 Å². The van der Waals surface area contributed by atoms with Crippen LogP contribution in [0.5, 0.6) is 0 Å². The Morgan fingerprint density at radius 1 is 1.00 bits per heavy atom. The number of para-hydroxylation sites is 1. The molecule has 5 rings (SSSR count). The zero-order chi connectivity index (χ0) is 20.1. The molecule has 2 aromatic carbocycles. The minimum atomic E-state index is -0.326. The van der Waals surface area contributed by atoms with Crippen LogP contribution in [0.1, 0.15) is 27.1 Å². The Bertz CT molecular complexity index is 1270. The molecule has 6 heteroatoms. The van der Waals surface area contributed by atoms with E-state index >= 15 is 0 Å². The molecule has 0 aliphatic carbocycles. The molecule has 0 unspecified atom stereocenters. The number of carbonyl (C=O) groups excluding carboxylic acids is 2. The van der Waals surface area contributed by atoms with E-state index in [-0.39, 0.29) is 11.8 Å². The summed E-state index contributed by atoms with van der Waals surface area (Å²) in [6, 6.07) is 12.1. The SMILES string of the molecule is CN(C)CCCn1c2ccccc2c2c3c(c(-c4cc[nH]c4)cc21)C(=O)NC3=O. The van der Waals surface area contributed by atoms with Crippen LogP contribution < -0.4 is 5.32 Å². The molecule has 3 heterocycles. The fourth-order valence-corrected chi connectivity index (χ4v) is 4.40. The van der Waals surface area contributed by atoms with Crippen molar-refractivity contribution in [2.24, 2.45) is 0 Å². The lowest BCUT2D eigenvalue weighted by atomic mass is 9.94.